The van der Waals surface area contributed by atoms with Gasteiger partial charge in [-0.15, -0.1) is 0 Å². The summed E-state index contributed by atoms with van der Waals surface area (Å²) in [7, 11) is 0. The molecule has 0 saturated carbocycles. The summed E-state index contributed by atoms with van der Waals surface area (Å²) in [6.07, 6.45) is 1.58. The van der Waals surface area contributed by atoms with Gasteiger partial charge in [0.2, 0.25) is 11.8 Å². The van der Waals surface area contributed by atoms with Crippen LogP contribution in [0.15, 0.2) is 54.6 Å². The number of fused-ring (bicyclic) bond motifs is 1. The molecule has 1 aliphatic heterocycles. The second-order valence-corrected chi connectivity index (χ2v) is 8.56. The van der Waals surface area contributed by atoms with E-state index in [9.17, 15) is 9.59 Å². The predicted octanol–water partition coefficient (Wildman–Crippen LogP) is 2.76. The molecule has 1 aromatic heterocycles. The Morgan fingerprint density at radius 1 is 1.13 bits per heavy atom. The van der Waals surface area contributed by atoms with Crippen molar-refractivity contribution in [2.45, 2.75) is 18.9 Å². The van der Waals surface area contributed by atoms with E-state index in [0.29, 0.717) is 26.2 Å². The van der Waals surface area contributed by atoms with E-state index in [2.05, 4.69) is 15.0 Å². The van der Waals surface area contributed by atoms with Crippen LogP contribution in [0, 0.1) is 5.92 Å². The first-order chi connectivity index (χ1) is 15.1. The second kappa shape index (κ2) is 9.89. The van der Waals surface area contributed by atoms with Gasteiger partial charge in [-0.2, -0.15) is 4.37 Å². The van der Waals surface area contributed by atoms with Gasteiger partial charge in [-0.05, 0) is 42.1 Å². The summed E-state index contributed by atoms with van der Waals surface area (Å²) in [6.45, 7) is 2.14. The van der Waals surface area contributed by atoms with Crippen molar-refractivity contribution in [2.24, 2.45) is 11.7 Å². The molecule has 1 saturated heterocycles. The highest BCUT2D eigenvalue weighted by Crippen LogP contribution is 2.26. The van der Waals surface area contributed by atoms with Crippen molar-refractivity contribution in [3.63, 3.8) is 0 Å². The number of carbonyl (C=O) groups excluding carboxylic acids is 2. The molecular formula is C23H27N5O2S. The number of nitrogens with two attached hydrogens (primary N) is 1. The summed E-state index contributed by atoms with van der Waals surface area (Å²) in [6, 6.07) is 16.7. The first-order valence-corrected chi connectivity index (χ1v) is 11.4. The first kappa shape index (κ1) is 21.3. The van der Waals surface area contributed by atoms with Gasteiger partial charge >= 0.3 is 0 Å². The Kier molecular flexibility index (Phi) is 6.79. The fourth-order valence-electron chi connectivity index (χ4n) is 3.92. The van der Waals surface area contributed by atoms with Gasteiger partial charge in [-0.3, -0.25) is 9.59 Å². The number of rotatable bonds is 7. The van der Waals surface area contributed by atoms with Crippen LogP contribution in [-0.4, -0.2) is 47.3 Å². The quantitative estimate of drug-likeness (QED) is 0.494. The number of nitrogens with one attached hydrogen (secondary N) is 2. The summed E-state index contributed by atoms with van der Waals surface area (Å²) in [5.41, 5.74) is 6.96. The molecule has 0 aliphatic carbocycles. The van der Waals surface area contributed by atoms with Crippen LogP contribution in [0.5, 0.6) is 0 Å². The van der Waals surface area contributed by atoms with E-state index in [1.54, 1.807) is 4.90 Å². The zero-order valence-corrected chi connectivity index (χ0v) is 18.1. The molecule has 162 valence electrons. The smallest absolute Gasteiger partial charge is 0.244 e. The van der Waals surface area contributed by atoms with Crippen LogP contribution >= 0.6 is 11.5 Å². The van der Waals surface area contributed by atoms with Crippen LogP contribution in [0.4, 0.5) is 5.82 Å². The molecule has 2 amide bonds. The molecule has 2 heterocycles. The van der Waals surface area contributed by atoms with Crippen molar-refractivity contribution in [2.75, 3.05) is 31.5 Å². The lowest BCUT2D eigenvalue weighted by Gasteiger charge is -2.33. The molecule has 2 unspecified atom stereocenters. The second-order valence-electron chi connectivity index (χ2n) is 7.76. The van der Waals surface area contributed by atoms with Crippen LogP contribution < -0.4 is 16.4 Å². The molecule has 0 radical (unpaired) electrons. The maximum atomic E-state index is 12.8. The lowest BCUT2D eigenvalue weighted by atomic mass is 9.96. The number of hydrogen-bond donors (Lipinski definition) is 3. The highest BCUT2D eigenvalue weighted by Gasteiger charge is 2.30. The summed E-state index contributed by atoms with van der Waals surface area (Å²) in [5.74, 6) is 0.497. The highest BCUT2D eigenvalue weighted by molar-refractivity contribution is 7.13. The third kappa shape index (κ3) is 5.03. The molecule has 31 heavy (non-hydrogen) atoms. The lowest BCUT2D eigenvalue weighted by molar-refractivity contribution is -0.137. The average molecular weight is 438 g/mol. The Bertz CT molecular complexity index is 1040. The number of carbonyl (C=O) groups is 2. The van der Waals surface area contributed by atoms with Crippen LogP contribution in [0.25, 0.3) is 10.1 Å². The molecule has 4 rings (SSSR count). The van der Waals surface area contributed by atoms with Gasteiger partial charge in [0, 0.05) is 31.6 Å². The topological polar surface area (TPSA) is 100 Å². The molecule has 7 nitrogen and oxygen atoms in total. The van der Waals surface area contributed by atoms with E-state index in [1.807, 2.05) is 54.6 Å². The Morgan fingerprint density at radius 3 is 2.74 bits per heavy atom. The number of likely N-dealkylation sites (tertiary alicyclic amines) is 1. The monoisotopic (exact) mass is 437 g/mol. The summed E-state index contributed by atoms with van der Waals surface area (Å²) >= 11 is 1.46. The fraction of sp³-hybridized carbons (Fsp3) is 0.348. The van der Waals surface area contributed by atoms with Crippen molar-refractivity contribution >= 4 is 39.3 Å². The zero-order chi connectivity index (χ0) is 21.6. The van der Waals surface area contributed by atoms with Crippen molar-refractivity contribution in [1.29, 1.82) is 0 Å². The van der Waals surface area contributed by atoms with E-state index in [0.717, 1.165) is 34.3 Å². The van der Waals surface area contributed by atoms with E-state index < -0.39 is 6.04 Å². The standard InChI is InChI=1S/C23H27N5O2S/c24-20(16-7-2-1-3-8-16)23(30)28-14-6-9-17(15-28)22(29)26-13-12-25-21-18-10-4-5-11-19(18)31-27-21/h1-5,7-8,10-11,17,20H,6,9,12-15,24H2,(H,25,27)(H,26,29). The van der Waals surface area contributed by atoms with Gasteiger partial charge in [-0.25, -0.2) is 0 Å². The zero-order valence-electron chi connectivity index (χ0n) is 17.3. The van der Waals surface area contributed by atoms with Gasteiger partial charge in [0.05, 0.1) is 10.6 Å². The van der Waals surface area contributed by atoms with Crippen molar-refractivity contribution < 1.29 is 9.59 Å². The van der Waals surface area contributed by atoms with E-state index in [4.69, 9.17) is 5.73 Å². The van der Waals surface area contributed by atoms with Crippen LogP contribution in [-0.2, 0) is 9.59 Å². The Balaban J connectivity index is 1.25. The molecule has 4 N–H and O–H groups in total. The SMILES string of the molecule is NC(C(=O)N1CCCC(C(=O)NCCNc2nsc3ccccc23)C1)c1ccccc1. The predicted molar refractivity (Wildman–Crippen MR) is 124 cm³/mol. The number of aromatic nitrogens is 1. The number of amides is 2. The van der Waals surface area contributed by atoms with Gasteiger partial charge in [0.15, 0.2) is 0 Å². The maximum absolute atomic E-state index is 12.8. The van der Waals surface area contributed by atoms with Gasteiger partial charge in [0.25, 0.3) is 0 Å². The minimum atomic E-state index is -0.694. The summed E-state index contributed by atoms with van der Waals surface area (Å²) in [4.78, 5) is 27.2. The molecule has 1 aliphatic rings. The van der Waals surface area contributed by atoms with Crippen LogP contribution in [0.1, 0.15) is 24.4 Å². The number of hydrogen-bond acceptors (Lipinski definition) is 6. The molecule has 1 fully saturated rings. The Hall–Kier alpha value is -2.97. The number of piperidine rings is 1. The fourth-order valence-corrected chi connectivity index (χ4v) is 4.67. The van der Waals surface area contributed by atoms with E-state index >= 15 is 0 Å². The van der Waals surface area contributed by atoms with Gasteiger partial charge in [0.1, 0.15) is 11.9 Å². The molecule has 0 bridgehead atoms. The normalized spacial score (nSPS) is 17.3. The molecule has 8 heteroatoms. The van der Waals surface area contributed by atoms with Gasteiger partial charge < -0.3 is 21.3 Å². The molecule has 0 spiro atoms. The third-order valence-corrected chi connectivity index (χ3v) is 6.45. The summed E-state index contributed by atoms with van der Waals surface area (Å²) < 4.78 is 5.57. The maximum Gasteiger partial charge on any atom is 0.244 e. The largest absolute Gasteiger partial charge is 0.367 e. The van der Waals surface area contributed by atoms with Crippen LogP contribution in [0.3, 0.4) is 0 Å². The van der Waals surface area contributed by atoms with Crippen molar-refractivity contribution in [3.8, 4) is 0 Å². The third-order valence-electron chi connectivity index (χ3n) is 5.62. The number of anilines is 1. The number of benzene rings is 2. The minimum absolute atomic E-state index is 0.0179. The number of nitrogens with zero attached hydrogens (tertiary/aromatic N) is 2. The minimum Gasteiger partial charge on any atom is -0.367 e. The molecule has 3 aromatic rings. The lowest BCUT2D eigenvalue weighted by Crippen LogP contribution is -2.48. The Labute approximate surface area is 185 Å². The van der Waals surface area contributed by atoms with E-state index in [1.165, 1.54) is 11.5 Å². The molecule has 2 atom stereocenters. The van der Waals surface area contributed by atoms with Gasteiger partial charge in [-0.1, -0.05) is 42.5 Å². The first-order valence-electron chi connectivity index (χ1n) is 10.6. The van der Waals surface area contributed by atoms with E-state index in [-0.39, 0.29) is 17.7 Å². The van der Waals surface area contributed by atoms with Crippen molar-refractivity contribution in [3.05, 3.63) is 60.2 Å². The van der Waals surface area contributed by atoms with Crippen LogP contribution in [0.2, 0.25) is 0 Å². The molecule has 2 aromatic carbocycles. The highest BCUT2D eigenvalue weighted by atomic mass is 32.1. The van der Waals surface area contributed by atoms with Crippen molar-refractivity contribution in [1.82, 2.24) is 14.6 Å². The average Bonchev–Trinajstić information content (AvgIpc) is 3.24. The Morgan fingerprint density at radius 2 is 1.90 bits per heavy atom. The molecular weight excluding hydrogens is 410 g/mol. The summed E-state index contributed by atoms with van der Waals surface area (Å²) in [5, 5.41) is 7.37.